The van der Waals surface area contributed by atoms with Crippen LogP contribution in [0.1, 0.15) is 54.1 Å². The Morgan fingerprint density at radius 3 is 2.48 bits per heavy atom. The third-order valence-electron chi connectivity index (χ3n) is 5.66. The Balaban J connectivity index is 1.39. The minimum Gasteiger partial charge on any atom is -0.353 e. The van der Waals surface area contributed by atoms with Crippen LogP contribution in [-0.4, -0.2) is 63.0 Å². The number of anilines is 2. The normalized spacial score (nSPS) is 18.0. The van der Waals surface area contributed by atoms with Gasteiger partial charge in [-0.05, 0) is 32.8 Å². The summed E-state index contributed by atoms with van der Waals surface area (Å²) in [4.78, 5) is 34.5. The molecule has 1 aliphatic heterocycles. The van der Waals surface area contributed by atoms with Gasteiger partial charge in [0, 0.05) is 55.9 Å². The Morgan fingerprint density at radius 2 is 1.76 bits per heavy atom. The summed E-state index contributed by atoms with van der Waals surface area (Å²) in [5, 5.41) is 3.52. The molecule has 1 saturated heterocycles. The maximum atomic E-state index is 12.7. The van der Waals surface area contributed by atoms with Crippen molar-refractivity contribution in [2.75, 3.05) is 36.4 Å². The van der Waals surface area contributed by atoms with Crippen LogP contribution in [0.2, 0.25) is 0 Å². The third-order valence-corrected chi connectivity index (χ3v) is 5.66. The van der Waals surface area contributed by atoms with Gasteiger partial charge in [0.1, 0.15) is 5.82 Å². The lowest BCUT2D eigenvalue weighted by Crippen LogP contribution is -2.49. The number of carbonyl (C=O) groups is 1. The maximum Gasteiger partial charge on any atom is 0.291 e. The minimum atomic E-state index is -0.105. The van der Waals surface area contributed by atoms with Gasteiger partial charge in [-0.15, -0.1) is 0 Å². The fraction of sp³-hybridized carbons (Fsp3) is 0.571. The van der Waals surface area contributed by atoms with Gasteiger partial charge in [-0.3, -0.25) is 4.79 Å². The van der Waals surface area contributed by atoms with Gasteiger partial charge in [0.25, 0.3) is 5.91 Å². The second kappa shape index (κ2) is 8.71. The molecule has 3 heterocycles. The van der Waals surface area contributed by atoms with Crippen molar-refractivity contribution >= 4 is 17.7 Å². The van der Waals surface area contributed by atoms with Crippen molar-refractivity contribution in [3.05, 3.63) is 35.5 Å². The van der Waals surface area contributed by atoms with Gasteiger partial charge in [-0.2, -0.15) is 4.98 Å². The summed E-state index contributed by atoms with van der Waals surface area (Å²) in [5.41, 5.74) is 1.76. The number of aryl methyl sites for hydroxylation is 2. The molecule has 1 amide bonds. The molecule has 8 heteroatoms. The number of amides is 1. The lowest BCUT2D eigenvalue weighted by molar-refractivity contribution is 0.0733. The molecule has 2 aromatic heterocycles. The van der Waals surface area contributed by atoms with Crippen LogP contribution in [0.15, 0.2) is 18.3 Å². The number of nitrogens with one attached hydrogen (secondary N) is 1. The van der Waals surface area contributed by atoms with Gasteiger partial charge in [0.2, 0.25) is 11.8 Å². The van der Waals surface area contributed by atoms with E-state index < -0.39 is 0 Å². The summed E-state index contributed by atoms with van der Waals surface area (Å²) in [7, 11) is 0. The molecule has 29 heavy (non-hydrogen) atoms. The molecule has 2 fully saturated rings. The smallest absolute Gasteiger partial charge is 0.291 e. The van der Waals surface area contributed by atoms with Crippen molar-refractivity contribution in [1.82, 2.24) is 24.8 Å². The lowest BCUT2D eigenvalue weighted by atomic mass is 9.96. The fourth-order valence-electron chi connectivity index (χ4n) is 4.04. The van der Waals surface area contributed by atoms with E-state index in [1.54, 1.807) is 12.3 Å². The number of hydrogen-bond acceptors (Lipinski definition) is 7. The van der Waals surface area contributed by atoms with E-state index in [1.165, 1.54) is 32.1 Å². The molecule has 0 aromatic carbocycles. The first-order valence-electron chi connectivity index (χ1n) is 10.5. The average molecular weight is 396 g/mol. The van der Waals surface area contributed by atoms with E-state index in [9.17, 15) is 4.79 Å². The second-order valence-corrected chi connectivity index (χ2v) is 7.97. The van der Waals surface area contributed by atoms with Gasteiger partial charge < -0.3 is 15.1 Å². The first-order valence-corrected chi connectivity index (χ1v) is 10.5. The quantitative estimate of drug-likeness (QED) is 0.851. The minimum absolute atomic E-state index is 0.105. The Hall–Kier alpha value is -2.77. The Bertz CT molecular complexity index is 858. The molecule has 0 unspecified atom stereocenters. The summed E-state index contributed by atoms with van der Waals surface area (Å²) in [6.07, 6.45) is 7.89. The largest absolute Gasteiger partial charge is 0.353 e. The molecule has 1 saturated carbocycles. The SMILES string of the molecule is Cc1cc(N2CCN(C(=O)c3nccc(C)n3)CC2)nc(NC2CCCCC2)n1. The third kappa shape index (κ3) is 4.81. The number of nitrogens with zero attached hydrogens (tertiary/aromatic N) is 6. The maximum absolute atomic E-state index is 12.7. The summed E-state index contributed by atoms with van der Waals surface area (Å²) in [6, 6.07) is 4.29. The molecular weight excluding hydrogens is 366 g/mol. The molecule has 0 bridgehead atoms. The summed E-state index contributed by atoms with van der Waals surface area (Å²) < 4.78 is 0. The highest BCUT2D eigenvalue weighted by molar-refractivity contribution is 5.90. The Morgan fingerprint density at radius 1 is 1.00 bits per heavy atom. The number of hydrogen-bond donors (Lipinski definition) is 1. The van der Waals surface area contributed by atoms with E-state index in [1.807, 2.05) is 24.8 Å². The van der Waals surface area contributed by atoms with Gasteiger partial charge in [-0.25, -0.2) is 15.0 Å². The average Bonchev–Trinajstić information content (AvgIpc) is 2.74. The van der Waals surface area contributed by atoms with Crippen molar-refractivity contribution in [2.24, 2.45) is 0 Å². The highest BCUT2D eigenvalue weighted by atomic mass is 16.2. The molecular formula is C21H29N7O. The van der Waals surface area contributed by atoms with Crippen LogP contribution < -0.4 is 10.2 Å². The van der Waals surface area contributed by atoms with Crippen molar-refractivity contribution in [3.8, 4) is 0 Å². The van der Waals surface area contributed by atoms with E-state index in [4.69, 9.17) is 4.98 Å². The Labute approximate surface area is 171 Å². The van der Waals surface area contributed by atoms with Crippen molar-refractivity contribution in [3.63, 3.8) is 0 Å². The monoisotopic (exact) mass is 395 g/mol. The molecule has 2 aliphatic rings. The predicted octanol–water partition coefficient (Wildman–Crippen LogP) is 2.59. The Kier molecular flexibility index (Phi) is 5.87. The van der Waals surface area contributed by atoms with Gasteiger partial charge in [0.05, 0.1) is 0 Å². The van der Waals surface area contributed by atoms with Gasteiger partial charge in [0.15, 0.2) is 0 Å². The van der Waals surface area contributed by atoms with Crippen LogP contribution in [-0.2, 0) is 0 Å². The van der Waals surface area contributed by atoms with Crippen molar-refractivity contribution in [1.29, 1.82) is 0 Å². The number of piperazine rings is 1. The molecule has 1 N–H and O–H groups in total. The molecule has 0 atom stereocenters. The highest BCUT2D eigenvalue weighted by Crippen LogP contribution is 2.22. The van der Waals surface area contributed by atoms with Crippen LogP contribution in [0.3, 0.4) is 0 Å². The van der Waals surface area contributed by atoms with Crippen LogP contribution >= 0.6 is 0 Å². The van der Waals surface area contributed by atoms with E-state index in [0.29, 0.717) is 19.1 Å². The molecule has 8 nitrogen and oxygen atoms in total. The molecule has 1 aliphatic carbocycles. The van der Waals surface area contributed by atoms with Crippen molar-refractivity contribution in [2.45, 2.75) is 52.0 Å². The van der Waals surface area contributed by atoms with Crippen LogP contribution in [0, 0.1) is 13.8 Å². The molecule has 2 aromatic rings. The molecule has 0 radical (unpaired) electrons. The lowest BCUT2D eigenvalue weighted by Gasteiger charge is -2.35. The molecule has 0 spiro atoms. The summed E-state index contributed by atoms with van der Waals surface area (Å²) in [6.45, 7) is 6.60. The number of aromatic nitrogens is 4. The number of rotatable bonds is 4. The van der Waals surface area contributed by atoms with E-state index in [2.05, 4.69) is 25.2 Å². The van der Waals surface area contributed by atoms with Crippen LogP contribution in [0.5, 0.6) is 0 Å². The predicted molar refractivity (Wildman–Crippen MR) is 112 cm³/mol. The van der Waals surface area contributed by atoms with Gasteiger partial charge in [-0.1, -0.05) is 19.3 Å². The van der Waals surface area contributed by atoms with E-state index in [0.717, 1.165) is 36.2 Å². The molecule has 4 rings (SSSR count). The second-order valence-electron chi connectivity index (χ2n) is 7.97. The first-order chi connectivity index (χ1) is 14.1. The highest BCUT2D eigenvalue weighted by Gasteiger charge is 2.25. The van der Waals surface area contributed by atoms with E-state index in [-0.39, 0.29) is 11.7 Å². The zero-order valence-corrected chi connectivity index (χ0v) is 17.3. The fourth-order valence-corrected chi connectivity index (χ4v) is 4.04. The first kappa shape index (κ1) is 19.5. The van der Waals surface area contributed by atoms with E-state index >= 15 is 0 Å². The summed E-state index contributed by atoms with van der Waals surface area (Å²) in [5.74, 6) is 1.82. The van der Waals surface area contributed by atoms with Gasteiger partial charge >= 0.3 is 0 Å². The molecule has 154 valence electrons. The zero-order chi connectivity index (χ0) is 20.2. The topological polar surface area (TPSA) is 87.1 Å². The standard InChI is InChI=1S/C21H29N7O/c1-15-8-9-22-19(23-15)20(29)28-12-10-27(11-13-28)18-14-16(2)24-21(26-18)25-17-6-4-3-5-7-17/h8-9,14,17H,3-7,10-13H2,1-2H3,(H,24,25,26). The number of carbonyl (C=O) groups excluding carboxylic acids is 1. The zero-order valence-electron chi connectivity index (χ0n) is 17.3. The van der Waals surface area contributed by atoms with Crippen LogP contribution in [0.25, 0.3) is 0 Å². The van der Waals surface area contributed by atoms with Crippen molar-refractivity contribution < 1.29 is 4.79 Å². The summed E-state index contributed by atoms with van der Waals surface area (Å²) >= 11 is 0. The van der Waals surface area contributed by atoms with Crippen LogP contribution in [0.4, 0.5) is 11.8 Å².